The quantitative estimate of drug-likeness (QED) is 0.661. The van der Waals surface area contributed by atoms with Crippen LogP contribution in [0.3, 0.4) is 0 Å². The van der Waals surface area contributed by atoms with Crippen LogP contribution in [-0.4, -0.2) is 47.9 Å². The predicted molar refractivity (Wildman–Crippen MR) is 62.8 cm³/mol. The lowest BCUT2D eigenvalue weighted by Crippen LogP contribution is -2.61. The summed E-state index contributed by atoms with van der Waals surface area (Å²) >= 11 is 0. The molecule has 0 bridgehead atoms. The molecule has 2 rings (SSSR count). The normalized spacial score (nSPS) is 22.7. The van der Waals surface area contributed by atoms with Gasteiger partial charge >= 0.3 is 0 Å². The van der Waals surface area contributed by atoms with Crippen molar-refractivity contribution in [3.05, 3.63) is 0 Å². The first-order chi connectivity index (χ1) is 7.27. The highest BCUT2D eigenvalue weighted by Gasteiger charge is 2.33. The Bertz CT molecular complexity index is 194. The minimum Gasteiger partial charge on any atom is -0.340 e. The van der Waals surface area contributed by atoms with Gasteiger partial charge in [0.25, 0.3) is 0 Å². The number of nitrogens with zero attached hydrogens (tertiary/aromatic N) is 2. The van der Waals surface area contributed by atoms with Crippen molar-refractivity contribution >= 4 is 5.91 Å². The molecule has 0 aromatic heterocycles. The summed E-state index contributed by atoms with van der Waals surface area (Å²) in [6.45, 7) is 10.1. The number of rotatable bonds is 1. The lowest BCUT2D eigenvalue weighted by molar-refractivity contribution is -0.136. The first-order valence-corrected chi connectivity index (χ1v) is 6.27. The van der Waals surface area contributed by atoms with E-state index in [1.807, 2.05) is 18.7 Å². The molecule has 0 N–H and O–H groups in total. The maximum Gasteiger partial charge on any atom is 0.219 e. The molecule has 0 atom stereocenters. The standard InChI is InChI=1S/C10H18N2O.C2H6/c1-9(13)12-7-10(8-12)11-5-3-2-4-6-11;1-2/h10H,2-8H2,1H3;1-2H3. The molecule has 2 fully saturated rings. The summed E-state index contributed by atoms with van der Waals surface area (Å²) in [5.41, 5.74) is 0. The molecule has 3 heteroatoms. The van der Waals surface area contributed by atoms with Crippen molar-refractivity contribution in [2.45, 2.75) is 46.1 Å². The molecular weight excluding hydrogens is 188 g/mol. The zero-order chi connectivity index (χ0) is 11.3. The zero-order valence-electron chi connectivity index (χ0n) is 10.3. The van der Waals surface area contributed by atoms with E-state index in [1.54, 1.807) is 6.92 Å². The number of hydrogen-bond donors (Lipinski definition) is 0. The lowest BCUT2D eigenvalue weighted by Gasteiger charge is -2.46. The Hall–Kier alpha value is -0.570. The minimum atomic E-state index is 0.230. The molecule has 1 amide bonds. The molecule has 2 aliphatic heterocycles. The third kappa shape index (κ3) is 3.20. The van der Waals surface area contributed by atoms with Crippen LogP contribution in [0.4, 0.5) is 0 Å². The summed E-state index contributed by atoms with van der Waals surface area (Å²) < 4.78 is 0. The zero-order valence-corrected chi connectivity index (χ0v) is 10.3. The highest BCUT2D eigenvalue weighted by molar-refractivity contribution is 5.74. The Labute approximate surface area is 93.4 Å². The molecule has 0 spiro atoms. The van der Waals surface area contributed by atoms with Crippen molar-refractivity contribution in [1.29, 1.82) is 0 Å². The van der Waals surface area contributed by atoms with Gasteiger partial charge in [0.2, 0.25) is 5.91 Å². The van der Waals surface area contributed by atoms with E-state index >= 15 is 0 Å². The summed E-state index contributed by atoms with van der Waals surface area (Å²) in [5, 5.41) is 0. The van der Waals surface area contributed by atoms with E-state index in [0.29, 0.717) is 6.04 Å². The Kier molecular flexibility index (Phi) is 5.09. The average Bonchev–Trinajstić information content (AvgIpc) is 2.19. The van der Waals surface area contributed by atoms with Crippen LogP contribution in [0.15, 0.2) is 0 Å². The second kappa shape index (κ2) is 6.11. The molecule has 2 heterocycles. The highest BCUT2D eigenvalue weighted by atomic mass is 16.2. The van der Waals surface area contributed by atoms with Gasteiger partial charge in [0.15, 0.2) is 0 Å². The molecule has 0 aliphatic carbocycles. The first kappa shape index (κ1) is 12.5. The van der Waals surface area contributed by atoms with Gasteiger partial charge in [-0.25, -0.2) is 0 Å². The lowest BCUT2D eigenvalue weighted by atomic mass is 10.0. The van der Waals surface area contributed by atoms with Crippen LogP contribution in [0, 0.1) is 0 Å². The number of carbonyl (C=O) groups is 1. The van der Waals surface area contributed by atoms with Crippen molar-refractivity contribution < 1.29 is 4.79 Å². The molecule has 2 aliphatic rings. The number of hydrogen-bond acceptors (Lipinski definition) is 2. The molecule has 0 unspecified atom stereocenters. The Morgan fingerprint density at radius 2 is 1.60 bits per heavy atom. The summed E-state index contributed by atoms with van der Waals surface area (Å²) in [7, 11) is 0. The van der Waals surface area contributed by atoms with E-state index in [1.165, 1.54) is 32.4 Å². The summed E-state index contributed by atoms with van der Waals surface area (Å²) in [4.78, 5) is 15.4. The summed E-state index contributed by atoms with van der Waals surface area (Å²) in [6.07, 6.45) is 4.08. The second-order valence-corrected chi connectivity index (χ2v) is 4.17. The van der Waals surface area contributed by atoms with E-state index in [2.05, 4.69) is 4.90 Å². The van der Waals surface area contributed by atoms with E-state index in [4.69, 9.17) is 0 Å². The molecule has 88 valence electrons. The molecule has 3 nitrogen and oxygen atoms in total. The van der Waals surface area contributed by atoms with E-state index < -0.39 is 0 Å². The molecule has 2 saturated heterocycles. The van der Waals surface area contributed by atoms with Crippen LogP contribution < -0.4 is 0 Å². The molecule has 0 radical (unpaired) electrons. The Morgan fingerprint density at radius 3 is 2.07 bits per heavy atom. The fourth-order valence-electron chi connectivity index (χ4n) is 2.23. The van der Waals surface area contributed by atoms with E-state index in [0.717, 1.165) is 13.1 Å². The SMILES string of the molecule is CC.CC(=O)N1CC(N2CCCCC2)C1. The molecule has 0 aromatic carbocycles. The number of amides is 1. The minimum absolute atomic E-state index is 0.230. The van der Waals surface area contributed by atoms with Gasteiger partial charge < -0.3 is 4.90 Å². The van der Waals surface area contributed by atoms with Gasteiger partial charge in [0, 0.05) is 26.1 Å². The van der Waals surface area contributed by atoms with E-state index in [9.17, 15) is 4.79 Å². The second-order valence-electron chi connectivity index (χ2n) is 4.17. The van der Waals surface area contributed by atoms with Crippen LogP contribution in [0.25, 0.3) is 0 Å². The largest absolute Gasteiger partial charge is 0.340 e. The first-order valence-electron chi connectivity index (χ1n) is 6.27. The van der Waals surface area contributed by atoms with Gasteiger partial charge in [-0.2, -0.15) is 0 Å². The van der Waals surface area contributed by atoms with Crippen LogP contribution in [0.5, 0.6) is 0 Å². The highest BCUT2D eigenvalue weighted by Crippen LogP contribution is 2.19. The molecule has 0 saturated carbocycles. The monoisotopic (exact) mass is 212 g/mol. The van der Waals surface area contributed by atoms with Crippen molar-refractivity contribution in [3.8, 4) is 0 Å². The smallest absolute Gasteiger partial charge is 0.219 e. The predicted octanol–water partition coefficient (Wildman–Crippen LogP) is 1.73. The van der Waals surface area contributed by atoms with Crippen molar-refractivity contribution in [1.82, 2.24) is 9.80 Å². The molecular formula is C12H24N2O. The Balaban J connectivity index is 0.000000531. The van der Waals surface area contributed by atoms with E-state index in [-0.39, 0.29) is 5.91 Å². The third-order valence-corrected chi connectivity index (χ3v) is 3.21. The van der Waals surface area contributed by atoms with Gasteiger partial charge in [0.1, 0.15) is 0 Å². The molecule has 15 heavy (non-hydrogen) atoms. The van der Waals surface area contributed by atoms with Crippen molar-refractivity contribution in [3.63, 3.8) is 0 Å². The van der Waals surface area contributed by atoms with Crippen molar-refractivity contribution in [2.75, 3.05) is 26.2 Å². The topological polar surface area (TPSA) is 23.6 Å². The van der Waals surface area contributed by atoms with Gasteiger partial charge in [-0.3, -0.25) is 9.69 Å². The van der Waals surface area contributed by atoms with Crippen molar-refractivity contribution in [2.24, 2.45) is 0 Å². The number of likely N-dealkylation sites (tertiary alicyclic amines) is 2. The Morgan fingerprint density at radius 1 is 1.07 bits per heavy atom. The van der Waals surface area contributed by atoms with Gasteiger partial charge in [0.05, 0.1) is 0 Å². The van der Waals surface area contributed by atoms with Gasteiger partial charge in [-0.1, -0.05) is 20.3 Å². The van der Waals surface area contributed by atoms with Crippen LogP contribution in [0.2, 0.25) is 0 Å². The molecule has 0 aromatic rings. The van der Waals surface area contributed by atoms with Crippen LogP contribution >= 0.6 is 0 Å². The van der Waals surface area contributed by atoms with Gasteiger partial charge in [-0.05, 0) is 25.9 Å². The van der Waals surface area contributed by atoms with Crippen LogP contribution in [-0.2, 0) is 4.79 Å². The number of carbonyl (C=O) groups excluding carboxylic acids is 1. The maximum absolute atomic E-state index is 11.0. The fourth-order valence-corrected chi connectivity index (χ4v) is 2.23. The van der Waals surface area contributed by atoms with Gasteiger partial charge in [-0.15, -0.1) is 0 Å². The van der Waals surface area contributed by atoms with Crippen LogP contribution in [0.1, 0.15) is 40.0 Å². The number of piperidine rings is 1. The third-order valence-electron chi connectivity index (χ3n) is 3.21. The average molecular weight is 212 g/mol. The fraction of sp³-hybridized carbons (Fsp3) is 0.917. The summed E-state index contributed by atoms with van der Waals surface area (Å²) in [5.74, 6) is 0.230. The summed E-state index contributed by atoms with van der Waals surface area (Å²) in [6, 6.07) is 0.671. The maximum atomic E-state index is 11.0.